The van der Waals surface area contributed by atoms with Crippen LogP contribution < -0.4 is 0 Å². The van der Waals surface area contributed by atoms with Gasteiger partial charge in [-0.1, -0.05) is 0 Å². The van der Waals surface area contributed by atoms with Gasteiger partial charge in [0.1, 0.15) is 5.65 Å². The minimum absolute atomic E-state index is 0.126. The molecule has 0 radical (unpaired) electrons. The van der Waals surface area contributed by atoms with Crippen molar-refractivity contribution < 1.29 is 18.3 Å². The molecule has 0 saturated carbocycles. The van der Waals surface area contributed by atoms with Gasteiger partial charge >= 0.3 is 5.97 Å². The smallest absolute Gasteiger partial charge is 0.337 e. The highest BCUT2D eigenvalue weighted by atomic mass is 32.2. The average Bonchev–Trinajstić information content (AvgIpc) is 2.54. The normalized spacial score (nSPS) is 11.8. The highest BCUT2D eigenvalue weighted by Crippen LogP contribution is 2.10. The lowest BCUT2D eigenvalue weighted by Gasteiger charge is -1.95. The minimum Gasteiger partial charge on any atom is -0.478 e. The number of sulfone groups is 1. The van der Waals surface area contributed by atoms with Crippen LogP contribution in [-0.2, 0) is 15.6 Å². The van der Waals surface area contributed by atoms with Crippen molar-refractivity contribution in [2.45, 2.75) is 5.75 Å². The summed E-state index contributed by atoms with van der Waals surface area (Å²) in [5.74, 6) is -1.19. The van der Waals surface area contributed by atoms with Gasteiger partial charge in [-0.3, -0.25) is 0 Å². The van der Waals surface area contributed by atoms with Crippen LogP contribution in [0.3, 0.4) is 0 Å². The van der Waals surface area contributed by atoms with Crippen molar-refractivity contribution in [3.05, 3.63) is 35.8 Å². The van der Waals surface area contributed by atoms with Crippen LogP contribution >= 0.6 is 0 Å². The molecule has 6 nitrogen and oxygen atoms in total. The number of hydrogen-bond acceptors (Lipinski definition) is 4. The first-order valence-electron chi connectivity index (χ1n) is 4.74. The molecule has 90 valence electrons. The molecule has 0 fully saturated rings. The second-order valence-electron chi connectivity index (χ2n) is 3.79. The molecule has 0 bridgehead atoms. The van der Waals surface area contributed by atoms with E-state index in [4.69, 9.17) is 5.11 Å². The predicted molar refractivity (Wildman–Crippen MR) is 60.7 cm³/mol. The van der Waals surface area contributed by atoms with Crippen molar-refractivity contribution in [2.24, 2.45) is 0 Å². The first kappa shape index (κ1) is 11.6. The summed E-state index contributed by atoms with van der Waals surface area (Å²) in [6, 6.07) is 2.96. The van der Waals surface area contributed by atoms with E-state index in [1.54, 1.807) is 0 Å². The van der Waals surface area contributed by atoms with E-state index in [0.29, 0.717) is 11.3 Å². The molecule has 2 heterocycles. The Morgan fingerprint density at radius 2 is 2.12 bits per heavy atom. The van der Waals surface area contributed by atoms with Crippen molar-refractivity contribution in [3.63, 3.8) is 0 Å². The van der Waals surface area contributed by atoms with Crippen molar-refractivity contribution in [2.75, 3.05) is 6.26 Å². The molecule has 2 aromatic rings. The van der Waals surface area contributed by atoms with Gasteiger partial charge in [-0.15, -0.1) is 0 Å². The van der Waals surface area contributed by atoms with Gasteiger partial charge in [0.2, 0.25) is 0 Å². The lowest BCUT2D eigenvalue weighted by atomic mass is 10.3. The first-order chi connectivity index (χ1) is 7.85. The van der Waals surface area contributed by atoms with Crippen LogP contribution in [0.25, 0.3) is 5.65 Å². The second-order valence-corrected chi connectivity index (χ2v) is 5.93. The molecule has 0 amide bonds. The summed E-state index contributed by atoms with van der Waals surface area (Å²) in [5, 5.41) is 8.81. The lowest BCUT2D eigenvalue weighted by molar-refractivity contribution is 0.0696. The van der Waals surface area contributed by atoms with E-state index in [2.05, 4.69) is 4.98 Å². The Kier molecular flexibility index (Phi) is 2.62. The zero-order chi connectivity index (χ0) is 12.6. The molecule has 0 spiro atoms. The van der Waals surface area contributed by atoms with Crippen LogP contribution in [0, 0.1) is 0 Å². The van der Waals surface area contributed by atoms with Crippen LogP contribution in [0.2, 0.25) is 0 Å². The van der Waals surface area contributed by atoms with E-state index in [1.165, 1.54) is 28.9 Å². The van der Waals surface area contributed by atoms with Crippen LogP contribution in [0.4, 0.5) is 0 Å². The Bertz CT molecular complexity index is 687. The summed E-state index contributed by atoms with van der Waals surface area (Å²) in [5.41, 5.74) is 1.05. The highest BCUT2D eigenvalue weighted by molar-refractivity contribution is 7.89. The summed E-state index contributed by atoms with van der Waals surface area (Å²) in [6.45, 7) is 0. The van der Waals surface area contributed by atoms with Gasteiger partial charge in [0.05, 0.1) is 17.0 Å². The van der Waals surface area contributed by atoms with E-state index < -0.39 is 15.8 Å². The Balaban J connectivity index is 2.47. The zero-order valence-electron chi connectivity index (χ0n) is 8.99. The van der Waals surface area contributed by atoms with Gasteiger partial charge in [-0.25, -0.2) is 18.2 Å². The molecule has 0 atom stereocenters. The quantitative estimate of drug-likeness (QED) is 0.865. The summed E-state index contributed by atoms with van der Waals surface area (Å²) in [6.07, 6.45) is 4.04. The fraction of sp³-hybridized carbons (Fsp3) is 0.200. The van der Waals surface area contributed by atoms with E-state index in [0.717, 1.165) is 6.26 Å². The molecular formula is C10H10N2O4S. The van der Waals surface area contributed by atoms with Gasteiger partial charge < -0.3 is 9.51 Å². The molecule has 0 unspecified atom stereocenters. The van der Waals surface area contributed by atoms with E-state index >= 15 is 0 Å². The van der Waals surface area contributed by atoms with Gasteiger partial charge in [-0.2, -0.15) is 0 Å². The lowest BCUT2D eigenvalue weighted by Crippen LogP contribution is -2.00. The number of rotatable bonds is 3. The number of carbonyl (C=O) groups is 1. The maximum Gasteiger partial charge on any atom is 0.337 e. The molecule has 0 aliphatic rings. The summed E-state index contributed by atoms with van der Waals surface area (Å²) in [4.78, 5) is 14.8. The second kappa shape index (κ2) is 3.85. The van der Waals surface area contributed by atoms with Gasteiger partial charge in [0.25, 0.3) is 0 Å². The largest absolute Gasteiger partial charge is 0.478 e. The highest BCUT2D eigenvalue weighted by Gasteiger charge is 2.10. The third-order valence-electron chi connectivity index (χ3n) is 2.16. The average molecular weight is 254 g/mol. The fourth-order valence-electron chi connectivity index (χ4n) is 1.51. The molecule has 2 rings (SSSR count). The maximum absolute atomic E-state index is 11.1. The Labute approximate surface area is 97.4 Å². The molecule has 17 heavy (non-hydrogen) atoms. The molecule has 1 N–H and O–H groups in total. The first-order valence-corrected chi connectivity index (χ1v) is 6.80. The number of pyridine rings is 1. The van der Waals surface area contributed by atoms with Crippen molar-refractivity contribution in [1.82, 2.24) is 9.38 Å². The van der Waals surface area contributed by atoms with Crippen molar-refractivity contribution in [1.29, 1.82) is 0 Å². The van der Waals surface area contributed by atoms with Crippen LogP contribution in [0.5, 0.6) is 0 Å². The molecule has 2 aromatic heterocycles. The van der Waals surface area contributed by atoms with Crippen molar-refractivity contribution in [3.8, 4) is 0 Å². The summed E-state index contributed by atoms with van der Waals surface area (Å²) < 4.78 is 23.7. The maximum atomic E-state index is 11.1. The zero-order valence-corrected chi connectivity index (χ0v) is 9.81. The third kappa shape index (κ3) is 2.62. The SMILES string of the molecule is CS(=O)(=O)Cc1cn2cc(C(=O)O)ccc2n1. The number of fused-ring (bicyclic) bond motifs is 1. The minimum atomic E-state index is -3.14. The molecular weight excluding hydrogens is 244 g/mol. The van der Waals surface area contributed by atoms with Crippen LogP contribution in [-0.4, -0.2) is 35.1 Å². The fourth-order valence-corrected chi connectivity index (χ4v) is 2.19. The number of carboxylic acids is 1. The van der Waals surface area contributed by atoms with E-state index in [1.807, 2.05) is 0 Å². The number of hydrogen-bond donors (Lipinski definition) is 1. The summed E-state index contributed by atoms with van der Waals surface area (Å²) >= 11 is 0. The Morgan fingerprint density at radius 3 is 2.71 bits per heavy atom. The van der Waals surface area contributed by atoms with Crippen LogP contribution in [0.15, 0.2) is 24.5 Å². The Morgan fingerprint density at radius 1 is 1.41 bits per heavy atom. The van der Waals surface area contributed by atoms with E-state index in [-0.39, 0.29) is 11.3 Å². The standard InChI is InChI=1S/C10H10N2O4S/c1-17(15,16)6-8-5-12-4-7(10(13)14)2-3-9(12)11-8/h2-5H,6H2,1H3,(H,13,14). The molecule has 0 aliphatic heterocycles. The number of nitrogens with zero attached hydrogens (tertiary/aromatic N) is 2. The van der Waals surface area contributed by atoms with Gasteiger partial charge in [0, 0.05) is 18.6 Å². The summed E-state index contributed by atoms with van der Waals surface area (Å²) in [7, 11) is -3.14. The predicted octanol–water partition coefficient (Wildman–Crippen LogP) is 0.577. The number of imidazole rings is 1. The third-order valence-corrected chi connectivity index (χ3v) is 2.98. The van der Waals surface area contributed by atoms with Gasteiger partial charge in [-0.05, 0) is 12.1 Å². The monoisotopic (exact) mass is 254 g/mol. The van der Waals surface area contributed by atoms with E-state index in [9.17, 15) is 13.2 Å². The topological polar surface area (TPSA) is 88.7 Å². The van der Waals surface area contributed by atoms with Crippen LogP contribution in [0.1, 0.15) is 16.1 Å². The van der Waals surface area contributed by atoms with Gasteiger partial charge in [0.15, 0.2) is 9.84 Å². The molecule has 0 saturated heterocycles. The molecule has 7 heteroatoms. The Hall–Kier alpha value is -1.89. The number of carboxylic acid groups (broad SMARTS) is 1. The van der Waals surface area contributed by atoms with Crippen molar-refractivity contribution >= 4 is 21.5 Å². The molecule has 0 aliphatic carbocycles. The number of aromatic carboxylic acids is 1. The molecule has 0 aromatic carbocycles. The number of aromatic nitrogens is 2.